The van der Waals surface area contributed by atoms with E-state index >= 15 is 0 Å². The summed E-state index contributed by atoms with van der Waals surface area (Å²) in [6.07, 6.45) is 0. The van der Waals surface area contributed by atoms with Crippen molar-refractivity contribution in [1.29, 1.82) is 0 Å². The smallest absolute Gasteiger partial charge is 0.336 e. The lowest BCUT2D eigenvalue weighted by atomic mass is 9.91. The zero-order valence-electron chi connectivity index (χ0n) is 19.8. The summed E-state index contributed by atoms with van der Waals surface area (Å²) in [6.45, 7) is 2.11. The van der Waals surface area contributed by atoms with E-state index in [4.69, 9.17) is 10.5 Å². The number of aromatic nitrogens is 1. The van der Waals surface area contributed by atoms with Crippen LogP contribution in [0.25, 0.3) is 43.7 Å². The molecule has 1 fully saturated rings. The van der Waals surface area contributed by atoms with Crippen molar-refractivity contribution < 1.29 is 24.2 Å². The number of nitrogens with two attached hydrogens (primary N) is 1. The molecule has 0 unspecified atom stereocenters. The van der Waals surface area contributed by atoms with Crippen LogP contribution in [0.2, 0.25) is 0 Å². The summed E-state index contributed by atoms with van der Waals surface area (Å²) in [4.78, 5) is 42.3. The predicted octanol–water partition coefficient (Wildman–Crippen LogP) is 4.41. The van der Waals surface area contributed by atoms with Gasteiger partial charge in [-0.25, -0.2) is 4.79 Å². The van der Waals surface area contributed by atoms with Gasteiger partial charge in [-0.2, -0.15) is 0 Å². The molecule has 2 heterocycles. The van der Waals surface area contributed by atoms with Crippen LogP contribution in [0.4, 0.5) is 0 Å². The number of carboxylic acid groups (broad SMARTS) is 1. The molecule has 0 aliphatic carbocycles. The van der Waals surface area contributed by atoms with Gasteiger partial charge in [0.15, 0.2) is 0 Å². The third-order valence-electron chi connectivity index (χ3n) is 7.01. The van der Waals surface area contributed by atoms with Crippen molar-refractivity contribution in [3.05, 3.63) is 83.4 Å². The molecule has 0 atom stereocenters. The molecule has 1 saturated heterocycles. The highest BCUT2D eigenvalue weighted by molar-refractivity contribution is 6.22. The molecule has 4 N–H and O–H groups in total. The van der Waals surface area contributed by atoms with Gasteiger partial charge in [0.1, 0.15) is 0 Å². The maximum Gasteiger partial charge on any atom is 0.336 e. The number of hydrogen-bond donors (Lipinski definition) is 3. The quantitative estimate of drug-likeness (QED) is 0.342. The van der Waals surface area contributed by atoms with Crippen molar-refractivity contribution in [3.8, 4) is 11.1 Å². The molecule has 6 rings (SSSR count). The van der Waals surface area contributed by atoms with Gasteiger partial charge in [0.2, 0.25) is 0 Å². The first-order valence-corrected chi connectivity index (χ1v) is 11.9. The van der Waals surface area contributed by atoms with Crippen LogP contribution < -0.4 is 5.73 Å². The van der Waals surface area contributed by atoms with Crippen molar-refractivity contribution in [1.82, 2.24) is 9.88 Å². The normalized spacial score (nSPS) is 13.9. The molecule has 5 aromatic rings. The average Bonchev–Trinajstić information content (AvgIpc) is 3.30. The number of aromatic amines is 1. The molecule has 0 radical (unpaired) electrons. The summed E-state index contributed by atoms with van der Waals surface area (Å²) in [5.41, 5.74) is 9.74. The first kappa shape index (κ1) is 22.8. The number of nitrogens with zero attached hydrogens (tertiary/aromatic N) is 1. The van der Waals surface area contributed by atoms with Gasteiger partial charge >= 0.3 is 5.97 Å². The van der Waals surface area contributed by atoms with Crippen molar-refractivity contribution in [2.24, 2.45) is 5.73 Å². The molecular weight excluding hydrogens is 470 g/mol. The zero-order chi connectivity index (χ0) is 25.7. The lowest BCUT2D eigenvalue weighted by Crippen LogP contribution is -2.40. The fraction of sp³-hybridized carbons (Fsp3) is 0.138. The van der Waals surface area contributed by atoms with Crippen LogP contribution in [-0.2, 0) is 4.74 Å². The molecule has 1 aromatic heterocycles. The molecule has 1 aliphatic rings. The van der Waals surface area contributed by atoms with Gasteiger partial charge in [0.25, 0.3) is 11.8 Å². The highest BCUT2D eigenvalue weighted by atomic mass is 16.5. The Balaban J connectivity index is 1.60. The number of hydrogen-bond acceptors (Lipinski definition) is 4. The summed E-state index contributed by atoms with van der Waals surface area (Å²) in [6, 6.07) is 19.7. The number of rotatable bonds is 4. The summed E-state index contributed by atoms with van der Waals surface area (Å²) in [5, 5.41) is 12.7. The summed E-state index contributed by atoms with van der Waals surface area (Å²) in [5.74, 6) is -1.64. The van der Waals surface area contributed by atoms with Crippen LogP contribution in [0.3, 0.4) is 0 Å². The van der Waals surface area contributed by atoms with Crippen LogP contribution in [0.15, 0.2) is 66.7 Å². The Morgan fingerprint density at radius 3 is 2.35 bits per heavy atom. The summed E-state index contributed by atoms with van der Waals surface area (Å²) < 4.78 is 5.36. The number of carbonyl (C=O) groups is 3. The van der Waals surface area contributed by atoms with Crippen LogP contribution in [-0.4, -0.2) is 59.1 Å². The SMILES string of the molecule is NC(=O)c1ccc(-c2cccc3c(C(=O)O)cccc23)c2c1[nH]c1cc(C(=O)N3CCOCC3)ccc12. The third kappa shape index (κ3) is 3.70. The molecule has 37 heavy (non-hydrogen) atoms. The standard InChI is InChI=1S/C29H23N3O5/c30-27(33)23-10-9-20(18-4-1-5-19-17(18)3-2-6-21(19)29(35)36)25-22-8-7-16(15-24(22)31-26(23)25)28(34)32-11-13-37-14-12-32/h1-10,15,31H,11-14H2,(H2,30,33)(H,35,36). The first-order valence-electron chi connectivity index (χ1n) is 11.9. The minimum Gasteiger partial charge on any atom is -0.478 e. The van der Waals surface area contributed by atoms with Gasteiger partial charge in [0.05, 0.1) is 29.9 Å². The predicted molar refractivity (Wildman–Crippen MR) is 141 cm³/mol. The number of aromatic carboxylic acids is 1. The fourth-order valence-electron chi connectivity index (χ4n) is 5.26. The van der Waals surface area contributed by atoms with Gasteiger partial charge in [-0.15, -0.1) is 0 Å². The Morgan fingerprint density at radius 2 is 1.59 bits per heavy atom. The lowest BCUT2D eigenvalue weighted by molar-refractivity contribution is 0.0303. The van der Waals surface area contributed by atoms with Crippen molar-refractivity contribution in [3.63, 3.8) is 0 Å². The molecule has 184 valence electrons. The number of ether oxygens (including phenoxy) is 1. The van der Waals surface area contributed by atoms with Gasteiger partial charge in [0, 0.05) is 34.9 Å². The maximum absolute atomic E-state index is 13.1. The van der Waals surface area contributed by atoms with Gasteiger partial charge in [-0.05, 0) is 46.2 Å². The van der Waals surface area contributed by atoms with E-state index in [1.54, 1.807) is 41.3 Å². The van der Waals surface area contributed by atoms with Crippen molar-refractivity contribution in [2.75, 3.05) is 26.3 Å². The minimum absolute atomic E-state index is 0.0746. The third-order valence-corrected chi connectivity index (χ3v) is 7.01. The molecule has 4 aromatic carbocycles. The number of fused-ring (bicyclic) bond motifs is 4. The Labute approximate surface area is 211 Å². The second-order valence-corrected chi connectivity index (χ2v) is 9.08. The Kier molecular flexibility index (Phi) is 5.39. The fourth-order valence-corrected chi connectivity index (χ4v) is 5.26. The highest BCUT2D eigenvalue weighted by Gasteiger charge is 2.22. The van der Waals surface area contributed by atoms with Crippen molar-refractivity contribution >= 4 is 50.4 Å². The van der Waals surface area contributed by atoms with Gasteiger partial charge in [-0.1, -0.05) is 42.5 Å². The highest BCUT2D eigenvalue weighted by Crippen LogP contribution is 2.40. The maximum atomic E-state index is 13.1. The molecule has 0 saturated carbocycles. The van der Waals surface area contributed by atoms with Crippen LogP contribution in [0.5, 0.6) is 0 Å². The van der Waals surface area contributed by atoms with Crippen LogP contribution >= 0.6 is 0 Å². The van der Waals surface area contributed by atoms with E-state index in [0.29, 0.717) is 53.8 Å². The summed E-state index contributed by atoms with van der Waals surface area (Å²) in [7, 11) is 0. The number of carbonyl (C=O) groups excluding carboxylic acids is 2. The van der Waals surface area contributed by atoms with E-state index in [0.717, 1.165) is 27.3 Å². The van der Waals surface area contributed by atoms with E-state index in [2.05, 4.69) is 4.98 Å². The molecule has 0 spiro atoms. The van der Waals surface area contributed by atoms with Crippen LogP contribution in [0, 0.1) is 0 Å². The number of nitrogens with one attached hydrogen (secondary N) is 1. The topological polar surface area (TPSA) is 126 Å². The monoisotopic (exact) mass is 493 g/mol. The summed E-state index contributed by atoms with van der Waals surface area (Å²) >= 11 is 0. The van der Waals surface area contributed by atoms with E-state index in [9.17, 15) is 19.5 Å². The second-order valence-electron chi connectivity index (χ2n) is 9.08. The lowest BCUT2D eigenvalue weighted by Gasteiger charge is -2.26. The zero-order valence-corrected chi connectivity index (χ0v) is 19.8. The molecule has 0 bridgehead atoms. The molecule has 1 aliphatic heterocycles. The Morgan fingerprint density at radius 1 is 0.838 bits per heavy atom. The molecule has 2 amide bonds. The Hall–Kier alpha value is -4.69. The van der Waals surface area contributed by atoms with Gasteiger partial charge < -0.3 is 25.5 Å². The number of primary amides is 1. The molecule has 8 heteroatoms. The number of morpholine rings is 1. The average molecular weight is 494 g/mol. The van der Waals surface area contributed by atoms with E-state index in [1.807, 2.05) is 30.3 Å². The van der Waals surface area contributed by atoms with Crippen LogP contribution in [0.1, 0.15) is 31.1 Å². The largest absolute Gasteiger partial charge is 0.478 e. The first-order chi connectivity index (χ1) is 17.9. The van der Waals surface area contributed by atoms with E-state index < -0.39 is 11.9 Å². The van der Waals surface area contributed by atoms with E-state index in [1.165, 1.54) is 0 Å². The number of benzene rings is 4. The number of carboxylic acids is 1. The molecule has 8 nitrogen and oxygen atoms in total. The second kappa shape index (κ2) is 8.76. The molecular formula is C29H23N3O5. The van der Waals surface area contributed by atoms with E-state index in [-0.39, 0.29) is 11.5 Å². The number of amides is 2. The van der Waals surface area contributed by atoms with Crippen molar-refractivity contribution in [2.45, 2.75) is 0 Å². The number of H-pyrrole nitrogens is 1. The minimum atomic E-state index is -0.999. The Bertz CT molecular complexity index is 1750. The van der Waals surface area contributed by atoms with Gasteiger partial charge in [-0.3, -0.25) is 9.59 Å².